The number of carbonyl (C=O) groups excluding carboxylic acids is 3. The Bertz CT molecular complexity index is 640. The van der Waals surface area contributed by atoms with E-state index in [0.29, 0.717) is 5.56 Å². The van der Waals surface area contributed by atoms with Gasteiger partial charge in [-0.25, -0.2) is 4.39 Å². The quantitative estimate of drug-likeness (QED) is 0.794. The van der Waals surface area contributed by atoms with Crippen molar-refractivity contribution in [2.24, 2.45) is 0 Å². The molecular weight excluding hydrogens is 275 g/mol. The molecule has 6 heteroatoms. The first kappa shape index (κ1) is 15.2. The lowest BCUT2D eigenvalue weighted by Gasteiger charge is -2.24. The molecule has 0 aliphatic carbocycles. The predicted octanol–water partition coefficient (Wildman–Crippen LogP) is 1.53. The molecule has 0 N–H and O–H groups in total. The zero-order chi connectivity index (χ0) is 15.9. The van der Waals surface area contributed by atoms with Gasteiger partial charge in [-0.05, 0) is 38.5 Å². The van der Waals surface area contributed by atoms with Gasteiger partial charge in [0.05, 0.1) is 11.3 Å². The number of likely N-dealkylation sites (N-methyl/N-ethyl adjacent to an activating group) is 1. The van der Waals surface area contributed by atoms with Gasteiger partial charge in [-0.3, -0.25) is 19.3 Å². The lowest BCUT2D eigenvalue weighted by Crippen LogP contribution is -2.43. The molecule has 1 aliphatic heterocycles. The van der Waals surface area contributed by atoms with Gasteiger partial charge in [0.15, 0.2) is 0 Å². The lowest BCUT2D eigenvalue weighted by molar-refractivity contribution is -0.131. The summed E-state index contributed by atoms with van der Waals surface area (Å²) in [5.41, 5.74) is 0.485. The summed E-state index contributed by atoms with van der Waals surface area (Å²) in [5.74, 6) is -2.64. The van der Waals surface area contributed by atoms with Crippen LogP contribution in [-0.2, 0) is 9.59 Å². The molecule has 1 aromatic carbocycles. The molecule has 21 heavy (non-hydrogen) atoms. The Balaban J connectivity index is 2.38. The molecule has 2 amide bonds. The average Bonchev–Trinajstić information content (AvgIpc) is 2.63. The Morgan fingerprint density at radius 2 is 1.95 bits per heavy atom. The van der Waals surface area contributed by atoms with Crippen molar-refractivity contribution in [2.45, 2.75) is 26.8 Å². The molecule has 112 valence electrons. The van der Waals surface area contributed by atoms with Gasteiger partial charge in [-0.2, -0.15) is 0 Å². The molecule has 0 radical (unpaired) electrons. The summed E-state index contributed by atoms with van der Waals surface area (Å²) in [6, 6.07) is 2.66. The maximum atomic E-state index is 14.1. The highest BCUT2D eigenvalue weighted by atomic mass is 19.1. The number of fused-ring (bicyclic) bond motifs is 1. The van der Waals surface area contributed by atoms with E-state index in [4.69, 9.17) is 0 Å². The maximum absolute atomic E-state index is 14.1. The van der Waals surface area contributed by atoms with Gasteiger partial charge in [0, 0.05) is 13.1 Å². The van der Waals surface area contributed by atoms with Crippen LogP contribution in [0.3, 0.4) is 0 Å². The van der Waals surface area contributed by atoms with E-state index in [1.165, 1.54) is 17.0 Å². The molecule has 0 spiro atoms. The first-order valence-electron chi connectivity index (χ1n) is 6.66. The van der Waals surface area contributed by atoms with Gasteiger partial charge in [0.25, 0.3) is 11.7 Å². The topological polar surface area (TPSA) is 57.7 Å². The van der Waals surface area contributed by atoms with Gasteiger partial charge in [-0.15, -0.1) is 0 Å². The minimum absolute atomic E-state index is 0.0255. The zero-order valence-corrected chi connectivity index (χ0v) is 12.4. The Morgan fingerprint density at radius 1 is 1.33 bits per heavy atom. The van der Waals surface area contributed by atoms with Crippen molar-refractivity contribution in [1.82, 2.24) is 4.90 Å². The number of hydrogen-bond acceptors (Lipinski definition) is 3. The second kappa shape index (κ2) is 5.27. The van der Waals surface area contributed by atoms with Crippen molar-refractivity contribution in [3.63, 3.8) is 0 Å². The van der Waals surface area contributed by atoms with Gasteiger partial charge < -0.3 is 4.90 Å². The second-order valence-corrected chi connectivity index (χ2v) is 5.46. The first-order valence-corrected chi connectivity index (χ1v) is 6.66. The van der Waals surface area contributed by atoms with Crippen LogP contribution in [0.2, 0.25) is 0 Å². The number of anilines is 1. The van der Waals surface area contributed by atoms with Crippen LogP contribution >= 0.6 is 0 Å². The van der Waals surface area contributed by atoms with Crippen LogP contribution in [0, 0.1) is 12.7 Å². The summed E-state index contributed by atoms with van der Waals surface area (Å²) in [7, 11) is 1.60. The van der Waals surface area contributed by atoms with Crippen molar-refractivity contribution in [3.05, 3.63) is 29.1 Å². The molecular formula is C15H17FN2O3. The van der Waals surface area contributed by atoms with Crippen LogP contribution in [0.4, 0.5) is 10.1 Å². The van der Waals surface area contributed by atoms with Gasteiger partial charge in [-0.1, -0.05) is 0 Å². The number of Topliss-reactive ketones (excluding diaryl/α,β-unsaturated/α-hetero) is 1. The Hall–Kier alpha value is -2.24. The average molecular weight is 292 g/mol. The summed E-state index contributed by atoms with van der Waals surface area (Å²) in [4.78, 5) is 38.4. The lowest BCUT2D eigenvalue weighted by atomic mass is 10.1. The van der Waals surface area contributed by atoms with E-state index in [1.807, 2.05) is 13.8 Å². The predicted molar refractivity (Wildman–Crippen MR) is 75.7 cm³/mol. The number of benzene rings is 1. The molecule has 0 fully saturated rings. The molecule has 0 bridgehead atoms. The third kappa shape index (κ3) is 2.53. The molecule has 1 aromatic rings. The van der Waals surface area contributed by atoms with Crippen LogP contribution < -0.4 is 4.90 Å². The van der Waals surface area contributed by atoms with E-state index < -0.39 is 17.5 Å². The van der Waals surface area contributed by atoms with E-state index in [-0.39, 0.29) is 29.7 Å². The third-order valence-corrected chi connectivity index (χ3v) is 3.62. The molecule has 5 nitrogen and oxygen atoms in total. The van der Waals surface area contributed by atoms with Crippen molar-refractivity contribution < 1.29 is 18.8 Å². The summed E-state index contributed by atoms with van der Waals surface area (Å²) in [6.45, 7) is 4.95. The Morgan fingerprint density at radius 3 is 2.52 bits per heavy atom. The van der Waals surface area contributed by atoms with Gasteiger partial charge in [0.1, 0.15) is 12.4 Å². The fourth-order valence-electron chi connectivity index (χ4n) is 2.21. The van der Waals surface area contributed by atoms with Crippen molar-refractivity contribution in [2.75, 3.05) is 18.5 Å². The second-order valence-electron chi connectivity index (χ2n) is 5.46. The molecule has 0 atom stereocenters. The first-order chi connectivity index (χ1) is 9.73. The van der Waals surface area contributed by atoms with E-state index >= 15 is 0 Å². The number of rotatable bonds is 3. The minimum Gasteiger partial charge on any atom is -0.342 e. The normalized spacial score (nSPS) is 13.9. The third-order valence-electron chi connectivity index (χ3n) is 3.62. The number of hydrogen-bond donors (Lipinski definition) is 0. The standard InChI is InChI=1S/C15H17FN2O3/c1-8(2)17(4)12(19)7-18-13-10(14(20)15(18)21)5-9(3)6-11(13)16/h5-6,8H,7H2,1-4H3. The highest BCUT2D eigenvalue weighted by Crippen LogP contribution is 2.32. The summed E-state index contributed by atoms with van der Waals surface area (Å²) in [6.07, 6.45) is 0. The van der Waals surface area contributed by atoms with Gasteiger partial charge in [0.2, 0.25) is 5.91 Å². The number of amides is 2. The molecule has 2 rings (SSSR count). The van der Waals surface area contributed by atoms with E-state index in [1.54, 1.807) is 14.0 Å². The van der Waals surface area contributed by atoms with Crippen LogP contribution in [0.15, 0.2) is 12.1 Å². The van der Waals surface area contributed by atoms with E-state index in [9.17, 15) is 18.8 Å². The highest BCUT2D eigenvalue weighted by Gasteiger charge is 2.39. The van der Waals surface area contributed by atoms with Crippen molar-refractivity contribution in [1.29, 1.82) is 0 Å². The number of carbonyl (C=O) groups is 3. The summed E-state index contributed by atoms with van der Waals surface area (Å²) < 4.78 is 14.1. The highest BCUT2D eigenvalue weighted by molar-refractivity contribution is 6.52. The number of aryl methyl sites for hydroxylation is 1. The Kier molecular flexibility index (Phi) is 3.80. The Labute approximate surface area is 122 Å². The largest absolute Gasteiger partial charge is 0.342 e. The molecule has 1 aliphatic rings. The molecule has 1 heterocycles. The van der Waals surface area contributed by atoms with E-state index in [2.05, 4.69) is 0 Å². The zero-order valence-electron chi connectivity index (χ0n) is 12.4. The summed E-state index contributed by atoms with van der Waals surface area (Å²) in [5, 5.41) is 0. The molecule has 0 aromatic heterocycles. The van der Waals surface area contributed by atoms with Crippen LogP contribution in [0.1, 0.15) is 29.8 Å². The number of nitrogens with zero attached hydrogens (tertiary/aromatic N) is 2. The fourth-order valence-corrected chi connectivity index (χ4v) is 2.21. The summed E-state index contributed by atoms with van der Waals surface area (Å²) >= 11 is 0. The van der Waals surface area contributed by atoms with E-state index in [0.717, 1.165) is 4.90 Å². The smallest absolute Gasteiger partial charge is 0.300 e. The monoisotopic (exact) mass is 292 g/mol. The molecule has 0 unspecified atom stereocenters. The van der Waals surface area contributed by atoms with Crippen LogP contribution in [0.5, 0.6) is 0 Å². The minimum atomic E-state index is -0.861. The molecule has 0 saturated heterocycles. The van der Waals surface area contributed by atoms with Gasteiger partial charge >= 0.3 is 0 Å². The number of halogens is 1. The van der Waals surface area contributed by atoms with Crippen molar-refractivity contribution >= 4 is 23.3 Å². The fraction of sp³-hybridized carbons (Fsp3) is 0.400. The van der Waals surface area contributed by atoms with Crippen molar-refractivity contribution in [3.8, 4) is 0 Å². The molecule has 0 saturated carbocycles. The maximum Gasteiger partial charge on any atom is 0.300 e. The SMILES string of the molecule is Cc1cc(F)c2c(c1)C(=O)C(=O)N2CC(=O)N(C)C(C)C. The van der Waals surface area contributed by atoms with Crippen LogP contribution in [0.25, 0.3) is 0 Å². The number of ketones is 1. The van der Waals surface area contributed by atoms with Crippen LogP contribution in [-0.4, -0.2) is 42.1 Å².